The number of carbonyl (C=O) groups is 1. The number of rotatable bonds is 8. The molecule has 1 atom stereocenters. The second-order valence-electron chi connectivity index (χ2n) is 8.14. The number of likely N-dealkylation sites (tertiary alicyclic amines) is 1. The second kappa shape index (κ2) is 10.0. The van der Waals surface area contributed by atoms with Crippen LogP contribution in [0.1, 0.15) is 36.5 Å². The molecular formula is C23H30ClN3O3S. The highest BCUT2D eigenvalue weighted by Gasteiger charge is 2.30. The molecule has 3 rings (SSSR count). The average molecular weight is 464 g/mol. The molecule has 0 aliphatic carbocycles. The largest absolute Gasteiger partial charge is 0.350 e. The summed E-state index contributed by atoms with van der Waals surface area (Å²) in [5, 5.41) is 3.34. The number of sulfonamides is 1. The van der Waals surface area contributed by atoms with Crippen LogP contribution >= 0.6 is 11.6 Å². The fourth-order valence-corrected chi connectivity index (χ4v) is 5.39. The van der Waals surface area contributed by atoms with E-state index in [2.05, 4.69) is 16.3 Å². The molecule has 1 amide bonds. The number of nitrogens with zero attached hydrogens (tertiary/aromatic N) is 2. The molecule has 0 bridgehead atoms. The minimum atomic E-state index is -3.70. The van der Waals surface area contributed by atoms with Crippen LogP contribution in [0.4, 0.5) is 5.69 Å². The van der Waals surface area contributed by atoms with Crippen LogP contribution in [0.25, 0.3) is 0 Å². The maximum Gasteiger partial charge on any atom is 0.243 e. The molecule has 0 aromatic heterocycles. The van der Waals surface area contributed by atoms with Gasteiger partial charge in [-0.05, 0) is 68.6 Å². The first-order chi connectivity index (χ1) is 14.7. The molecule has 1 saturated heterocycles. The van der Waals surface area contributed by atoms with E-state index in [4.69, 9.17) is 11.6 Å². The Morgan fingerprint density at radius 1 is 1.16 bits per heavy atom. The molecule has 1 unspecified atom stereocenters. The summed E-state index contributed by atoms with van der Waals surface area (Å²) in [6.45, 7) is 6.79. The van der Waals surface area contributed by atoms with Gasteiger partial charge < -0.3 is 5.32 Å². The molecule has 1 N–H and O–H groups in total. The van der Waals surface area contributed by atoms with Gasteiger partial charge in [-0.2, -0.15) is 0 Å². The van der Waals surface area contributed by atoms with Crippen molar-refractivity contribution in [3.63, 3.8) is 0 Å². The monoisotopic (exact) mass is 463 g/mol. The summed E-state index contributed by atoms with van der Waals surface area (Å²) in [7, 11) is -3.70. The first-order valence-corrected chi connectivity index (χ1v) is 12.7. The van der Waals surface area contributed by atoms with E-state index in [0.29, 0.717) is 17.3 Å². The summed E-state index contributed by atoms with van der Waals surface area (Å²) in [5.74, 6) is -0.360. The molecule has 1 aliphatic rings. The molecule has 1 fully saturated rings. The zero-order valence-electron chi connectivity index (χ0n) is 18.3. The summed E-state index contributed by atoms with van der Waals surface area (Å²) < 4.78 is 26.3. The first-order valence-electron chi connectivity index (χ1n) is 10.5. The van der Waals surface area contributed by atoms with Crippen LogP contribution in [0.2, 0.25) is 5.02 Å². The number of carbonyl (C=O) groups excluding carboxylic acids is 1. The lowest BCUT2D eigenvalue weighted by molar-refractivity contribution is -0.122. The van der Waals surface area contributed by atoms with Gasteiger partial charge in [0, 0.05) is 18.1 Å². The van der Waals surface area contributed by atoms with Crippen LogP contribution in [0.3, 0.4) is 0 Å². The Morgan fingerprint density at radius 3 is 2.45 bits per heavy atom. The van der Waals surface area contributed by atoms with Crippen molar-refractivity contribution in [1.29, 1.82) is 0 Å². The lowest BCUT2D eigenvalue weighted by Gasteiger charge is -2.29. The molecule has 2 aromatic carbocycles. The highest BCUT2D eigenvalue weighted by molar-refractivity contribution is 7.92. The van der Waals surface area contributed by atoms with Crippen molar-refractivity contribution in [3.8, 4) is 0 Å². The van der Waals surface area contributed by atoms with Gasteiger partial charge in [-0.25, -0.2) is 8.42 Å². The van der Waals surface area contributed by atoms with Crippen molar-refractivity contribution in [1.82, 2.24) is 10.2 Å². The predicted molar refractivity (Wildman–Crippen MR) is 126 cm³/mol. The molecule has 0 spiro atoms. The molecular weight excluding hydrogens is 434 g/mol. The van der Waals surface area contributed by atoms with Gasteiger partial charge in [0.15, 0.2) is 0 Å². The van der Waals surface area contributed by atoms with Crippen molar-refractivity contribution in [3.05, 3.63) is 64.2 Å². The third kappa shape index (κ3) is 5.99. The fourth-order valence-electron chi connectivity index (χ4n) is 4.00. The molecule has 31 heavy (non-hydrogen) atoms. The smallest absolute Gasteiger partial charge is 0.243 e. The van der Waals surface area contributed by atoms with E-state index >= 15 is 0 Å². The van der Waals surface area contributed by atoms with Crippen LogP contribution in [0.5, 0.6) is 0 Å². The lowest BCUT2D eigenvalue weighted by Crippen LogP contribution is -2.48. The van der Waals surface area contributed by atoms with Crippen molar-refractivity contribution in [2.75, 3.05) is 23.7 Å². The summed E-state index contributed by atoms with van der Waals surface area (Å²) in [5.41, 5.74) is 3.36. The molecule has 1 heterocycles. The molecule has 8 heteroatoms. The van der Waals surface area contributed by atoms with E-state index in [1.54, 1.807) is 32.0 Å². The Labute approximate surface area is 190 Å². The van der Waals surface area contributed by atoms with Crippen LogP contribution in [-0.4, -0.2) is 44.6 Å². The molecule has 2 aromatic rings. The zero-order valence-corrected chi connectivity index (χ0v) is 19.8. The van der Waals surface area contributed by atoms with Gasteiger partial charge in [0.25, 0.3) is 0 Å². The zero-order chi connectivity index (χ0) is 22.6. The Bertz CT molecular complexity index is 1040. The molecule has 6 nitrogen and oxygen atoms in total. The minimum Gasteiger partial charge on any atom is -0.350 e. The van der Waals surface area contributed by atoms with Gasteiger partial charge in [0.2, 0.25) is 15.9 Å². The Balaban J connectivity index is 1.75. The van der Waals surface area contributed by atoms with E-state index in [9.17, 15) is 13.2 Å². The number of amides is 1. The number of halogens is 1. The van der Waals surface area contributed by atoms with Crippen LogP contribution in [0.15, 0.2) is 42.5 Å². The Kier molecular flexibility index (Phi) is 7.62. The van der Waals surface area contributed by atoms with Crippen molar-refractivity contribution >= 4 is 33.2 Å². The van der Waals surface area contributed by atoms with E-state index in [1.807, 2.05) is 18.2 Å². The van der Waals surface area contributed by atoms with Gasteiger partial charge in [-0.1, -0.05) is 41.9 Å². The normalized spacial score (nSPS) is 15.6. The summed E-state index contributed by atoms with van der Waals surface area (Å²) >= 11 is 6.10. The maximum atomic E-state index is 13.0. The van der Waals surface area contributed by atoms with E-state index < -0.39 is 16.1 Å². The minimum absolute atomic E-state index is 0.347. The predicted octanol–water partition coefficient (Wildman–Crippen LogP) is 3.72. The number of hydrogen-bond donors (Lipinski definition) is 1. The van der Waals surface area contributed by atoms with Gasteiger partial charge in [-0.15, -0.1) is 0 Å². The topological polar surface area (TPSA) is 69.7 Å². The average Bonchev–Trinajstić information content (AvgIpc) is 3.22. The van der Waals surface area contributed by atoms with Crippen LogP contribution in [-0.2, 0) is 27.9 Å². The van der Waals surface area contributed by atoms with E-state index in [-0.39, 0.29) is 5.91 Å². The number of benzene rings is 2. The third-order valence-electron chi connectivity index (χ3n) is 5.66. The van der Waals surface area contributed by atoms with Crippen molar-refractivity contribution in [2.24, 2.45) is 0 Å². The SMILES string of the molecule is Cc1ccc(Cl)cc1N(C(C)C(=O)NCc1ccccc1CN1CCCC1)S(C)(=O)=O. The number of hydrogen-bond acceptors (Lipinski definition) is 4. The highest BCUT2D eigenvalue weighted by atomic mass is 35.5. The van der Waals surface area contributed by atoms with Crippen LogP contribution < -0.4 is 9.62 Å². The van der Waals surface area contributed by atoms with Crippen molar-refractivity contribution in [2.45, 2.75) is 45.8 Å². The van der Waals surface area contributed by atoms with E-state index in [1.165, 1.54) is 18.4 Å². The third-order valence-corrected chi connectivity index (χ3v) is 7.12. The molecule has 1 aliphatic heterocycles. The summed E-state index contributed by atoms with van der Waals surface area (Å²) in [4.78, 5) is 15.4. The molecule has 168 valence electrons. The van der Waals surface area contributed by atoms with Gasteiger partial charge in [0.1, 0.15) is 6.04 Å². The first kappa shape index (κ1) is 23.6. The number of aryl methyl sites for hydroxylation is 1. The highest BCUT2D eigenvalue weighted by Crippen LogP contribution is 2.28. The van der Waals surface area contributed by atoms with Crippen molar-refractivity contribution < 1.29 is 13.2 Å². The van der Waals surface area contributed by atoms with Gasteiger partial charge in [-0.3, -0.25) is 14.0 Å². The standard InChI is InChI=1S/C23H30ClN3O3S/c1-17-10-11-21(24)14-22(17)27(31(3,29)30)18(2)23(28)25-15-19-8-4-5-9-20(19)16-26-12-6-7-13-26/h4-5,8-11,14,18H,6-7,12-13,15-16H2,1-3H3,(H,25,28). The maximum absolute atomic E-state index is 13.0. The number of nitrogens with one attached hydrogen (secondary N) is 1. The van der Waals surface area contributed by atoms with E-state index in [0.717, 1.165) is 41.3 Å². The van der Waals surface area contributed by atoms with Gasteiger partial charge >= 0.3 is 0 Å². The number of anilines is 1. The summed E-state index contributed by atoms with van der Waals surface area (Å²) in [6, 6.07) is 12.2. The molecule has 0 saturated carbocycles. The Hall–Kier alpha value is -2.09. The summed E-state index contributed by atoms with van der Waals surface area (Å²) in [6.07, 6.45) is 3.55. The quantitative estimate of drug-likeness (QED) is 0.647. The second-order valence-corrected chi connectivity index (χ2v) is 10.4. The lowest BCUT2D eigenvalue weighted by atomic mass is 10.1. The molecule has 0 radical (unpaired) electrons. The Morgan fingerprint density at radius 2 is 1.81 bits per heavy atom. The fraction of sp³-hybridized carbons (Fsp3) is 0.435. The van der Waals surface area contributed by atoms with Gasteiger partial charge in [0.05, 0.1) is 11.9 Å². The van der Waals surface area contributed by atoms with Crippen LogP contribution in [0, 0.1) is 6.92 Å².